The second-order valence-electron chi connectivity index (χ2n) is 6.62. The fraction of sp³-hybridized carbons (Fsp3) is 0.500. The van der Waals surface area contributed by atoms with Crippen molar-refractivity contribution in [1.82, 2.24) is 15.2 Å². The summed E-state index contributed by atoms with van der Waals surface area (Å²) in [5.74, 6) is 1.64. The van der Waals surface area contributed by atoms with Gasteiger partial charge in [-0.15, -0.1) is 11.3 Å². The molecule has 1 aromatic heterocycles. The van der Waals surface area contributed by atoms with Gasteiger partial charge in [-0.3, -0.25) is 4.79 Å². The average Bonchev–Trinajstić information content (AvgIpc) is 3.17. The Bertz CT molecular complexity index is 706. The number of likely N-dealkylation sites (tertiary alicyclic amines) is 1. The maximum absolute atomic E-state index is 12.7. The molecule has 0 aliphatic carbocycles. The van der Waals surface area contributed by atoms with Gasteiger partial charge in [0.25, 0.3) is 5.91 Å². The zero-order chi connectivity index (χ0) is 18.4. The number of amides is 1. The van der Waals surface area contributed by atoms with Gasteiger partial charge in [0, 0.05) is 24.0 Å². The van der Waals surface area contributed by atoms with E-state index in [1.54, 1.807) is 0 Å². The molecule has 0 radical (unpaired) electrons. The second-order valence-corrected chi connectivity index (χ2v) is 7.48. The summed E-state index contributed by atoms with van der Waals surface area (Å²) in [4.78, 5) is 19.3. The number of carbonyl (C=O) groups is 1. The third-order valence-corrected chi connectivity index (χ3v) is 5.73. The number of thiazole rings is 1. The predicted octanol–water partition coefficient (Wildman–Crippen LogP) is 3.67. The van der Waals surface area contributed by atoms with Gasteiger partial charge in [-0.25, -0.2) is 4.98 Å². The van der Waals surface area contributed by atoms with Crippen LogP contribution < -0.4 is 10.1 Å². The molecule has 3 rings (SSSR count). The van der Waals surface area contributed by atoms with Crippen molar-refractivity contribution in [3.05, 3.63) is 35.3 Å². The van der Waals surface area contributed by atoms with Crippen molar-refractivity contribution in [1.29, 1.82) is 0 Å². The van der Waals surface area contributed by atoms with E-state index in [1.807, 2.05) is 48.5 Å². The van der Waals surface area contributed by atoms with E-state index in [4.69, 9.17) is 4.74 Å². The summed E-state index contributed by atoms with van der Waals surface area (Å²) in [6.07, 6.45) is 3.36. The summed E-state index contributed by atoms with van der Waals surface area (Å²) in [6.45, 7) is 5.35. The molecule has 140 valence electrons. The second kappa shape index (κ2) is 9.14. The molecule has 0 saturated carbocycles. The fourth-order valence-electron chi connectivity index (χ4n) is 3.30. The maximum Gasteiger partial charge on any atom is 0.273 e. The molecule has 1 fully saturated rings. The van der Waals surface area contributed by atoms with Crippen molar-refractivity contribution >= 4 is 17.2 Å². The highest BCUT2D eigenvalue weighted by Gasteiger charge is 2.25. The van der Waals surface area contributed by atoms with E-state index in [0.29, 0.717) is 12.3 Å². The van der Waals surface area contributed by atoms with Crippen LogP contribution in [-0.4, -0.2) is 49.1 Å². The smallest absolute Gasteiger partial charge is 0.273 e. The minimum Gasteiger partial charge on any atom is -0.494 e. The first-order valence-corrected chi connectivity index (χ1v) is 10.2. The van der Waals surface area contributed by atoms with E-state index < -0.39 is 0 Å². The lowest BCUT2D eigenvalue weighted by Crippen LogP contribution is -2.39. The lowest BCUT2D eigenvalue weighted by molar-refractivity contribution is 0.0682. The third kappa shape index (κ3) is 4.62. The minimum atomic E-state index is 0.0607. The van der Waals surface area contributed by atoms with Crippen LogP contribution in [0.15, 0.2) is 29.6 Å². The minimum absolute atomic E-state index is 0.0607. The zero-order valence-electron chi connectivity index (χ0n) is 15.5. The van der Waals surface area contributed by atoms with E-state index in [9.17, 15) is 4.79 Å². The molecule has 0 unspecified atom stereocenters. The van der Waals surface area contributed by atoms with E-state index in [2.05, 4.69) is 10.3 Å². The molecule has 0 atom stereocenters. The lowest BCUT2D eigenvalue weighted by atomic mass is 9.93. The van der Waals surface area contributed by atoms with Crippen LogP contribution in [0.2, 0.25) is 0 Å². The van der Waals surface area contributed by atoms with Crippen LogP contribution >= 0.6 is 11.3 Å². The number of piperidine rings is 1. The molecule has 1 N–H and O–H groups in total. The van der Waals surface area contributed by atoms with Crippen molar-refractivity contribution in [3.8, 4) is 16.3 Å². The molecule has 5 nitrogen and oxygen atoms in total. The number of ether oxygens (including phenoxy) is 1. The highest BCUT2D eigenvalue weighted by atomic mass is 32.1. The number of nitrogens with zero attached hydrogens (tertiary/aromatic N) is 2. The Labute approximate surface area is 159 Å². The normalized spacial score (nSPS) is 15.2. The molecule has 6 heteroatoms. The third-order valence-electron chi connectivity index (χ3n) is 4.84. The first kappa shape index (κ1) is 18.9. The number of benzene rings is 1. The average molecular weight is 374 g/mol. The van der Waals surface area contributed by atoms with Gasteiger partial charge < -0.3 is 15.0 Å². The van der Waals surface area contributed by atoms with Gasteiger partial charge in [0.2, 0.25) is 0 Å². The van der Waals surface area contributed by atoms with Gasteiger partial charge in [0.1, 0.15) is 16.5 Å². The maximum atomic E-state index is 12.7. The molecular weight excluding hydrogens is 346 g/mol. The largest absolute Gasteiger partial charge is 0.494 e. The number of hydrogen-bond acceptors (Lipinski definition) is 5. The molecule has 26 heavy (non-hydrogen) atoms. The van der Waals surface area contributed by atoms with Crippen LogP contribution in [0.5, 0.6) is 5.75 Å². The van der Waals surface area contributed by atoms with Crippen LogP contribution in [0.4, 0.5) is 0 Å². The van der Waals surface area contributed by atoms with Crippen LogP contribution in [0.1, 0.15) is 36.7 Å². The topological polar surface area (TPSA) is 54.5 Å². The van der Waals surface area contributed by atoms with Crippen LogP contribution in [0, 0.1) is 5.92 Å². The zero-order valence-corrected chi connectivity index (χ0v) is 16.3. The van der Waals surface area contributed by atoms with Crippen molar-refractivity contribution < 1.29 is 9.53 Å². The van der Waals surface area contributed by atoms with Gasteiger partial charge >= 0.3 is 0 Å². The Morgan fingerprint density at radius 2 is 2.04 bits per heavy atom. The van der Waals surface area contributed by atoms with E-state index in [-0.39, 0.29) is 5.91 Å². The van der Waals surface area contributed by atoms with Crippen LogP contribution in [0.3, 0.4) is 0 Å². The summed E-state index contributed by atoms with van der Waals surface area (Å²) in [5.41, 5.74) is 1.58. The lowest BCUT2D eigenvalue weighted by Gasteiger charge is -2.31. The summed E-state index contributed by atoms with van der Waals surface area (Å²) in [6, 6.07) is 7.87. The Hall–Kier alpha value is -1.92. The Morgan fingerprint density at radius 3 is 2.69 bits per heavy atom. The van der Waals surface area contributed by atoms with Crippen molar-refractivity contribution in [2.45, 2.75) is 26.2 Å². The molecule has 0 bridgehead atoms. The molecular formula is C20H27N3O2S. The quantitative estimate of drug-likeness (QED) is 0.805. The van der Waals surface area contributed by atoms with Gasteiger partial charge in [-0.2, -0.15) is 0 Å². The van der Waals surface area contributed by atoms with Crippen molar-refractivity contribution in [2.75, 3.05) is 33.3 Å². The molecule has 1 aliphatic rings. The van der Waals surface area contributed by atoms with Gasteiger partial charge in [-0.05, 0) is 70.0 Å². The highest BCUT2D eigenvalue weighted by molar-refractivity contribution is 7.13. The van der Waals surface area contributed by atoms with Gasteiger partial charge in [0.05, 0.1) is 6.61 Å². The SMILES string of the molecule is CCOc1ccc(-c2nc(C(=O)N3CCC(CCNC)CC3)cs2)cc1. The van der Waals surface area contributed by atoms with Gasteiger partial charge in [-0.1, -0.05) is 0 Å². The summed E-state index contributed by atoms with van der Waals surface area (Å²) in [5, 5.41) is 5.96. The number of nitrogens with one attached hydrogen (secondary N) is 1. The standard InChI is InChI=1S/C20H27N3O2S/c1-3-25-17-6-4-16(5-7-17)19-22-18(14-26-19)20(24)23-12-9-15(10-13-23)8-11-21-2/h4-7,14-15,21H,3,8-13H2,1-2H3. The summed E-state index contributed by atoms with van der Waals surface area (Å²) in [7, 11) is 1.99. The molecule has 2 heterocycles. The fourth-order valence-corrected chi connectivity index (χ4v) is 4.10. The van der Waals surface area contributed by atoms with Crippen molar-refractivity contribution in [2.24, 2.45) is 5.92 Å². The Kier molecular flexibility index (Phi) is 6.63. The van der Waals surface area contributed by atoms with Gasteiger partial charge in [0.15, 0.2) is 0 Å². The molecule has 0 spiro atoms. The molecule has 1 amide bonds. The molecule has 2 aromatic rings. The molecule has 1 aromatic carbocycles. The Morgan fingerprint density at radius 1 is 1.31 bits per heavy atom. The Balaban J connectivity index is 1.60. The highest BCUT2D eigenvalue weighted by Crippen LogP contribution is 2.27. The first-order chi connectivity index (χ1) is 12.7. The van der Waals surface area contributed by atoms with E-state index >= 15 is 0 Å². The van der Waals surface area contributed by atoms with E-state index in [0.717, 1.165) is 54.7 Å². The number of rotatable bonds is 7. The summed E-state index contributed by atoms with van der Waals surface area (Å²) >= 11 is 1.52. The van der Waals surface area contributed by atoms with Crippen LogP contribution in [0.25, 0.3) is 10.6 Å². The van der Waals surface area contributed by atoms with Crippen LogP contribution in [-0.2, 0) is 0 Å². The molecule has 1 saturated heterocycles. The van der Waals surface area contributed by atoms with E-state index in [1.165, 1.54) is 17.8 Å². The summed E-state index contributed by atoms with van der Waals surface area (Å²) < 4.78 is 5.47. The monoisotopic (exact) mass is 373 g/mol. The first-order valence-electron chi connectivity index (χ1n) is 9.34. The predicted molar refractivity (Wildman–Crippen MR) is 106 cm³/mol. The number of hydrogen-bond donors (Lipinski definition) is 1. The molecule has 1 aliphatic heterocycles. The number of carbonyl (C=O) groups excluding carboxylic acids is 1. The van der Waals surface area contributed by atoms with Crippen molar-refractivity contribution in [3.63, 3.8) is 0 Å². The number of aromatic nitrogens is 1.